The van der Waals surface area contributed by atoms with Gasteiger partial charge in [0.05, 0.1) is 0 Å². The van der Waals surface area contributed by atoms with Crippen LogP contribution in [-0.2, 0) is 13.0 Å². The van der Waals surface area contributed by atoms with Crippen LogP contribution in [0.25, 0.3) is 0 Å². The van der Waals surface area contributed by atoms with Gasteiger partial charge in [-0.25, -0.2) is 13.6 Å². The molecule has 3 heterocycles. The Bertz CT molecular complexity index is 862. The van der Waals surface area contributed by atoms with Crippen molar-refractivity contribution < 1.29 is 18.4 Å². The van der Waals surface area contributed by atoms with Crippen LogP contribution in [0.4, 0.5) is 19.3 Å². The predicted octanol–water partition coefficient (Wildman–Crippen LogP) is 2.49. The van der Waals surface area contributed by atoms with Crippen molar-refractivity contribution >= 4 is 17.6 Å². The minimum atomic E-state index is -0.828. The number of fused-ring (bicyclic) bond motifs is 1. The van der Waals surface area contributed by atoms with E-state index < -0.39 is 23.4 Å². The number of rotatable bonds is 2. The van der Waals surface area contributed by atoms with Crippen molar-refractivity contribution in [2.24, 2.45) is 0 Å². The Hall–Kier alpha value is -2.97. The second-order valence-corrected chi connectivity index (χ2v) is 7.01. The molecular weight excluding hydrogens is 368 g/mol. The summed E-state index contributed by atoms with van der Waals surface area (Å²) in [5.74, 6) is -1.81. The van der Waals surface area contributed by atoms with E-state index in [0.717, 1.165) is 43.6 Å². The second kappa shape index (κ2) is 7.57. The average Bonchev–Trinajstić information content (AvgIpc) is 3.14. The Kier molecular flexibility index (Phi) is 4.97. The molecule has 0 spiro atoms. The van der Waals surface area contributed by atoms with Crippen molar-refractivity contribution in [2.45, 2.75) is 25.8 Å². The van der Waals surface area contributed by atoms with E-state index in [2.05, 4.69) is 10.4 Å². The lowest BCUT2D eigenvalue weighted by atomic mass is 10.1. The Morgan fingerprint density at radius 1 is 0.964 bits per heavy atom. The van der Waals surface area contributed by atoms with Gasteiger partial charge in [-0.1, -0.05) is 6.07 Å². The van der Waals surface area contributed by atoms with Crippen molar-refractivity contribution in [3.63, 3.8) is 0 Å². The van der Waals surface area contributed by atoms with Crippen molar-refractivity contribution in [2.75, 3.05) is 31.5 Å². The first-order valence-electron chi connectivity index (χ1n) is 9.39. The van der Waals surface area contributed by atoms with Crippen molar-refractivity contribution in [1.82, 2.24) is 19.6 Å². The molecule has 1 aromatic carbocycles. The number of benzene rings is 1. The first kappa shape index (κ1) is 18.4. The zero-order valence-corrected chi connectivity index (χ0v) is 15.3. The van der Waals surface area contributed by atoms with Crippen LogP contribution in [0, 0.1) is 11.6 Å². The first-order valence-corrected chi connectivity index (χ1v) is 9.39. The minimum absolute atomic E-state index is 0.151. The van der Waals surface area contributed by atoms with E-state index in [1.807, 2.05) is 10.7 Å². The smallest absolute Gasteiger partial charge is 0.322 e. The number of carbonyl (C=O) groups is 2. The zero-order chi connectivity index (χ0) is 19.7. The summed E-state index contributed by atoms with van der Waals surface area (Å²) < 4.78 is 29.3. The lowest BCUT2D eigenvalue weighted by molar-refractivity contribution is 0.0665. The highest BCUT2D eigenvalue weighted by Crippen LogP contribution is 2.20. The number of nitrogens with zero attached hydrogens (tertiary/aromatic N) is 4. The summed E-state index contributed by atoms with van der Waals surface area (Å²) in [4.78, 5) is 28.1. The number of hydrogen-bond acceptors (Lipinski definition) is 3. The standard InChI is InChI=1S/C19H21F2N5O2/c20-14-5-3-6-15(21)17(14)22-19(28)25-10-8-24(9-11-25)18(27)16-12-13-4-1-2-7-26(13)23-16/h3,5-6,12H,1-2,4,7-11H2,(H,22,28). The topological polar surface area (TPSA) is 70.5 Å². The number of hydrogen-bond donors (Lipinski definition) is 1. The molecule has 4 rings (SSSR count). The summed E-state index contributed by atoms with van der Waals surface area (Å²) in [5.41, 5.74) is 1.05. The highest BCUT2D eigenvalue weighted by Gasteiger charge is 2.28. The number of nitrogens with one attached hydrogen (secondary N) is 1. The average molecular weight is 389 g/mol. The van der Waals surface area contributed by atoms with Gasteiger partial charge in [-0.15, -0.1) is 0 Å². The monoisotopic (exact) mass is 389 g/mol. The van der Waals surface area contributed by atoms with Gasteiger partial charge in [0.15, 0.2) is 5.69 Å². The van der Waals surface area contributed by atoms with Crippen molar-refractivity contribution in [1.29, 1.82) is 0 Å². The number of anilines is 1. The van der Waals surface area contributed by atoms with Gasteiger partial charge in [-0.05, 0) is 37.5 Å². The van der Waals surface area contributed by atoms with Crippen LogP contribution in [0.1, 0.15) is 29.0 Å². The molecule has 2 aliphatic heterocycles. The molecule has 0 bridgehead atoms. The molecule has 1 N–H and O–H groups in total. The highest BCUT2D eigenvalue weighted by molar-refractivity contribution is 5.93. The van der Waals surface area contributed by atoms with Crippen LogP contribution in [0.15, 0.2) is 24.3 Å². The van der Waals surface area contributed by atoms with Gasteiger partial charge in [0, 0.05) is 38.4 Å². The quantitative estimate of drug-likeness (QED) is 0.858. The Morgan fingerprint density at radius 2 is 1.64 bits per heavy atom. The van der Waals surface area contributed by atoms with Crippen LogP contribution in [-0.4, -0.2) is 57.7 Å². The van der Waals surface area contributed by atoms with Gasteiger partial charge < -0.3 is 15.1 Å². The van der Waals surface area contributed by atoms with E-state index >= 15 is 0 Å². The van der Waals surface area contributed by atoms with E-state index in [-0.39, 0.29) is 19.0 Å². The molecule has 2 aromatic rings. The minimum Gasteiger partial charge on any atom is -0.334 e. The maximum absolute atomic E-state index is 13.7. The normalized spacial score (nSPS) is 16.6. The molecule has 1 saturated heterocycles. The molecule has 0 atom stereocenters. The van der Waals surface area contributed by atoms with Gasteiger partial charge >= 0.3 is 6.03 Å². The number of piperazine rings is 1. The number of urea groups is 1. The molecule has 3 amide bonds. The van der Waals surface area contributed by atoms with Crippen molar-refractivity contribution in [3.05, 3.63) is 47.3 Å². The molecule has 0 unspecified atom stereocenters. The first-order chi connectivity index (χ1) is 13.5. The second-order valence-electron chi connectivity index (χ2n) is 7.01. The number of amides is 3. The molecule has 7 nitrogen and oxygen atoms in total. The van der Waals surface area contributed by atoms with Gasteiger partial charge in [0.25, 0.3) is 5.91 Å². The number of aromatic nitrogens is 2. The molecule has 2 aliphatic rings. The maximum Gasteiger partial charge on any atom is 0.322 e. The lowest BCUT2D eigenvalue weighted by Gasteiger charge is -2.34. The highest BCUT2D eigenvalue weighted by atomic mass is 19.1. The van der Waals surface area contributed by atoms with Gasteiger partial charge in [-0.2, -0.15) is 5.10 Å². The van der Waals surface area contributed by atoms with Crippen LogP contribution in [0.2, 0.25) is 0 Å². The molecule has 0 radical (unpaired) electrons. The largest absolute Gasteiger partial charge is 0.334 e. The Balaban J connectivity index is 1.36. The lowest BCUT2D eigenvalue weighted by Crippen LogP contribution is -2.51. The Labute approximate surface area is 160 Å². The fourth-order valence-corrected chi connectivity index (χ4v) is 3.60. The molecule has 1 aromatic heterocycles. The van der Waals surface area contributed by atoms with Crippen LogP contribution >= 0.6 is 0 Å². The number of carbonyl (C=O) groups excluding carboxylic acids is 2. The SMILES string of the molecule is O=C(Nc1c(F)cccc1F)N1CCN(C(=O)c2cc3n(n2)CCCC3)CC1. The number of halogens is 2. The third-order valence-electron chi connectivity index (χ3n) is 5.18. The van der Waals surface area contributed by atoms with E-state index in [1.54, 1.807) is 4.90 Å². The third-order valence-corrected chi connectivity index (χ3v) is 5.18. The number of para-hydroxylation sites is 1. The summed E-state index contributed by atoms with van der Waals surface area (Å²) in [7, 11) is 0. The molecular formula is C19H21F2N5O2. The van der Waals surface area contributed by atoms with E-state index in [1.165, 1.54) is 11.0 Å². The van der Waals surface area contributed by atoms with E-state index in [4.69, 9.17) is 0 Å². The number of aryl methyl sites for hydroxylation is 2. The summed E-state index contributed by atoms with van der Waals surface area (Å²) in [6.45, 7) is 2.08. The van der Waals surface area contributed by atoms with Crippen molar-refractivity contribution in [3.8, 4) is 0 Å². The molecule has 9 heteroatoms. The van der Waals surface area contributed by atoms with Crippen LogP contribution < -0.4 is 5.32 Å². The van der Waals surface area contributed by atoms with E-state index in [9.17, 15) is 18.4 Å². The molecule has 148 valence electrons. The summed E-state index contributed by atoms with van der Waals surface area (Å²) in [6.07, 6.45) is 3.11. The summed E-state index contributed by atoms with van der Waals surface area (Å²) >= 11 is 0. The predicted molar refractivity (Wildman–Crippen MR) is 98.0 cm³/mol. The third kappa shape index (κ3) is 3.56. The molecule has 28 heavy (non-hydrogen) atoms. The Morgan fingerprint density at radius 3 is 2.32 bits per heavy atom. The van der Waals surface area contributed by atoms with Crippen LogP contribution in [0.5, 0.6) is 0 Å². The van der Waals surface area contributed by atoms with Crippen LogP contribution in [0.3, 0.4) is 0 Å². The summed E-state index contributed by atoms with van der Waals surface area (Å²) in [6, 6.07) is 4.66. The fraction of sp³-hybridized carbons (Fsp3) is 0.421. The molecule has 0 aliphatic carbocycles. The van der Waals surface area contributed by atoms with Gasteiger partial charge in [0.1, 0.15) is 17.3 Å². The van der Waals surface area contributed by atoms with Gasteiger partial charge in [-0.3, -0.25) is 9.48 Å². The zero-order valence-electron chi connectivity index (χ0n) is 15.3. The van der Waals surface area contributed by atoms with E-state index in [0.29, 0.717) is 18.8 Å². The molecule has 0 saturated carbocycles. The molecule has 1 fully saturated rings. The summed E-state index contributed by atoms with van der Waals surface area (Å²) in [5, 5.41) is 6.68. The van der Waals surface area contributed by atoms with Gasteiger partial charge in [0.2, 0.25) is 0 Å². The fourth-order valence-electron chi connectivity index (χ4n) is 3.60. The maximum atomic E-state index is 13.7.